The molecule has 1 N–H and O–H groups in total. The molecule has 9 heteroatoms. The van der Waals surface area contributed by atoms with Gasteiger partial charge in [-0.15, -0.1) is 0 Å². The van der Waals surface area contributed by atoms with Crippen LogP contribution >= 0.6 is 0 Å². The van der Waals surface area contributed by atoms with Crippen LogP contribution in [0, 0.1) is 0 Å². The van der Waals surface area contributed by atoms with Crippen molar-refractivity contribution < 1.29 is 33.3 Å². The van der Waals surface area contributed by atoms with Crippen molar-refractivity contribution in [1.82, 2.24) is 5.43 Å². The van der Waals surface area contributed by atoms with E-state index in [4.69, 9.17) is 23.7 Å². The highest BCUT2D eigenvalue weighted by molar-refractivity contribution is 5.96. The summed E-state index contributed by atoms with van der Waals surface area (Å²) in [5.41, 5.74) is 4.16. The van der Waals surface area contributed by atoms with Crippen molar-refractivity contribution in [1.29, 1.82) is 0 Å². The smallest absolute Gasteiger partial charge is 0.336 e. The predicted octanol–water partition coefficient (Wildman–Crippen LogP) is 4.10. The van der Waals surface area contributed by atoms with Crippen molar-refractivity contribution in [2.75, 3.05) is 28.4 Å². The number of benzene rings is 3. The summed E-state index contributed by atoms with van der Waals surface area (Å²) in [5, 5.41) is 3.98. The van der Waals surface area contributed by atoms with Gasteiger partial charge in [-0.3, -0.25) is 4.79 Å². The average Bonchev–Trinajstić information content (AvgIpc) is 2.91. The Labute approximate surface area is 208 Å². The molecule has 0 aliphatic carbocycles. The standard InChI is InChI=1S/C27H26N2O7/c1-32-21-11-8-18(9-12-21)10-13-25(30)36-22-7-5-6-19(14-22)17-28-29-27(31)20-15-23(33-2)26(35-4)24(16-20)34-3/h5-17H,1-4H3,(H,29,31)/b13-10+,28-17?. The Bertz CT molecular complexity index is 1240. The first-order valence-corrected chi connectivity index (χ1v) is 10.7. The highest BCUT2D eigenvalue weighted by atomic mass is 16.5. The van der Waals surface area contributed by atoms with Gasteiger partial charge < -0.3 is 23.7 Å². The number of ether oxygens (including phenoxy) is 5. The summed E-state index contributed by atoms with van der Waals surface area (Å²) in [7, 11) is 6.00. The van der Waals surface area contributed by atoms with E-state index in [0.29, 0.717) is 28.6 Å². The predicted molar refractivity (Wildman–Crippen MR) is 135 cm³/mol. The maximum atomic E-state index is 12.5. The Morgan fingerprint density at radius 1 is 0.778 bits per heavy atom. The number of carbonyl (C=O) groups is 2. The average molecular weight is 491 g/mol. The van der Waals surface area contributed by atoms with Crippen molar-refractivity contribution in [3.63, 3.8) is 0 Å². The quantitative estimate of drug-likeness (QED) is 0.150. The molecule has 36 heavy (non-hydrogen) atoms. The first kappa shape index (κ1) is 25.8. The normalized spacial score (nSPS) is 10.8. The fourth-order valence-electron chi connectivity index (χ4n) is 3.13. The fourth-order valence-corrected chi connectivity index (χ4v) is 3.13. The summed E-state index contributed by atoms with van der Waals surface area (Å²) in [5.74, 6) is 1.13. The van der Waals surface area contributed by atoms with E-state index in [0.717, 1.165) is 11.3 Å². The highest BCUT2D eigenvalue weighted by Crippen LogP contribution is 2.38. The van der Waals surface area contributed by atoms with Crippen molar-refractivity contribution in [2.24, 2.45) is 5.10 Å². The number of hydrogen-bond donors (Lipinski definition) is 1. The van der Waals surface area contributed by atoms with E-state index in [9.17, 15) is 9.59 Å². The lowest BCUT2D eigenvalue weighted by molar-refractivity contribution is -0.128. The number of methoxy groups -OCH3 is 4. The Morgan fingerprint density at radius 3 is 2.08 bits per heavy atom. The number of hydrazone groups is 1. The van der Waals surface area contributed by atoms with Gasteiger partial charge in [0, 0.05) is 11.6 Å². The second kappa shape index (κ2) is 12.6. The van der Waals surface area contributed by atoms with Crippen LogP contribution in [0.1, 0.15) is 21.5 Å². The molecule has 0 spiro atoms. The summed E-state index contributed by atoms with van der Waals surface area (Å²) in [6, 6.07) is 17.0. The molecule has 0 aliphatic rings. The second-order valence-electron chi connectivity index (χ2n) is 7.21. The minimum atomic E-state index is -0.532. The Balaban J connectivity index is 1.61. The van der Waals surface area contributed by atoms with E-state index < -0.39 is 11.9 Å². The highest BCUT2D eigenvalue weighted by Gasteiger charge is 2.16. The monoisotopic (exact) mass is 490 g/mol. The number of amides is 1. The van der Waals surface area contributed by atoms with Crippen molar-refractivity contribution >= 4 is 24.2 Å². The molecule has 3 rings (SSSR count). The van der Waals surface area contributed by atoms with Gasteiger partial charge in [0.2, 0.25) is 5.75 Å². The molecule has 0 fully saturated rings. The maximum absolute atomic E-state index is 12.5. The largest absolute Gasteiger partial charge is 0.497 e. The Morgan fingerprint density at radius 2 is 1.47 bits per heavy atom. The Hall–Kier alpha value is -4.79. The van der Waals surface area contributed by atoms with Gasteiger partial charge in [0.05, 0.1) is 34.7 Å². The lowest BCUT2D eigenvalue weighted by atomic mass is 10.1. The molecule has 0 atom stereocenters. The molecule has 9 nitrogen and oxygen atoms in total. The summed E-state index contributed by atoms with van der Waals surface area (Å²) < 4.78 is 26.3. The lowest BCUT2D eigenvalue weighted by Crippen LogP contribution is -2.18. The number of carbonyl (C=O) groups excluding carboxylic acids is 2. The molecule has 0 aromatic heterocycles. The molecule has 0 saturated carbocycles. The number of esters is 1. The van der Waals surface area contributed by atoms with Crippen LogP contribution < -0.4 is 29.1 Å². The van der Waals surface area contributed by atoms with E-state index in [1.54, 1.807) is 49.6 Å². The lowest BCUT2D eigenvalue weighted by Gasteiger charge is -2.13. The van der Waals surface area contributed by atoms with Gasteiger partial charge in [-0.1, -0.05) is 24.3 Å². The molecule has 3 aromatic carbocycles. The molecule has 3 aromatic rings. The van der Waals surface area contributed by atoms with E-state index in [1.165, 1.54) is 45.8 Å². The summed E-state index contributed by atoms with van der Waals surface area (Å²) in [6.07, 6.45) is 4.41. The molecule has 0 heterocycles. The molecular weight excluding hydrogens is 464 g/mol. The van der Waals surface area contributed by atoms with Crippen LogP contribution in [0.5, 0.6) is 28.7 Å². The number of nitrogens with zero attached hydrogens (tertiary/aromatic N) is 1. The van der Waals surface area contributed by atoms with Gasteiger partial charge in [-0.05, 0) is 53.6 Å². The zero-order chi connectivity index (χ0) is 25.9. The zero-order valence-corrected chi connectivity index (χ0v) is 20.3. The number of hydrogen-bond acceptors (Lipinski definition) is 8. The third kappa shape index (κ3) is 6.86. The third-order valence-corrected chi connectivity index (χ3v) is 4.91. The molecule has 186 valence electrons. The molecule has 0 bridgehead atoms. The van der Waals surface area contributed by atoms with Crippen LogP contribution in [0.4, 0.5) is 0 Å². The minimum absolute atomic E-state index is 0.271. The van der Waals surface area contributed by atoms with E-state index in [1.807, 2.05) is 12.1 Å². The van der Waals surface area contributed by atoms with Crippen LogP contribution in [0.15, 0.2) is 71.8 Å². The summed E-state index contributed by atoms with van der Waals surface area (Å²) in [4.78, 5) is 24.7. The van der Waals surface area contributed by atoms with E-state index >= 15 is 0 Å². The van der Waals surface area contributed by atoms with Gasteiger partial charge >= 0.3 is 5.97 Å². The number of rotatable bonds is 10. The molecule has 0 unspecified atom stereocenters. The maximum Gasteiger partial charge on any atom is 0.336 e. The molecular formula is C27H26N2O7. The fraction of sp³-hybridized carbons (Fsp3) is 0.148. The van der Waals surface area contributed by atoms with Crippen molar-refractivity contribution in [3.05, 3.63) is 83.4 Å². The zero-order valence-electron chi connectivity index (χ0n) is 20.3. The van der Waals surface area contributed by atoms with Gasteiger partial charge in [0.25, 0.3) is 5.91 Å². The third-order valence-electron chi connectivity index (χ3n) is 4.91. The van der Waals surface area contributed by atoms with Crippen LogP contribution in [0.2, 0.25) is 0 Å². The number of nitrogens with one attached hydrogen (secondary N) is 1. The summed E-state index contributed by atoms with van der Waals surface area (Å²) in [6.45, 7) is 0. The van der Waals surface area contributed by atoms with Crippen molar-refractivity contribution in [2.45, 2.75) is 0 Å². The van der Waals surface area contributed by atoms with Crippen LogP contribution in [-0.2, 0) is 4.79 Å². The SMILES string of the molecule is COc1ccc(/C=C/C(=O)Oc2cccc(C=NNC(=O)c3cc(OC)c(OC)c(OC)c3)c2)cc1. The van der Waals surface area contributed by atoms with Crippen LogP contribution in [0.3, 0.4) is 0 Å². The van der Waals surface area contributed by atoms with Crippen LogP contribution in [0.25, 0.3) is 6.08 Å². The van der Waals surface area contributed by atoms with Gasteiger partial charge in [0.1, 0.15) is 11.5 Å². The topological polar surface area (TPSA) is 105 Å². The van der Waals surface area contributed by atoms with E-state index in [-0.39, 0.29) is 5.56 Å². The molecule has 1 amide bonds. The first-order chi connectivity index (χ1) is 17.5. The second-order valence-corrected chi connectivity index (χ2v) is 7.21. The molecule has 0 aliphatic heterocycles. The minimum Gasteiger partial charge on any atom is -0.497 e. The van der Waals surface area contributed by atoms with Crippen LogP contribution in [-0.4, -0.2) is 46.5 Å². The molecule has 0 radical (unpaired) electrons. The first-order valence-electron chi connectivity index (χ1n) is 10.7. The van der Waals surface area contributed by atoms with Gasteiger partial charge in [-0.25, -0.2) is 10.2 Å². The van der Waals surface area contributed by atoms with Crippen molar-refractivity contribution in [3.8, 4) is 28.7 Å². The Kier molecular flexibility index (Phi) is 9.05. The molecule has 0 saturated heterocycles. The van der Waals surface area contributed by atoms with E-state index in [2.05, 4.69) is 10.5 Å². The summed E-state index contributed by atoms with van der Waals surface area (Å²) >= 11 is 0. The van der Waals surface area contributed by atoms with Gasteiger partial charge in [-0.2, -0.15) is 5.10 Å². The van der Waals surface area contributed by atoms with Gasteiger partial charge in [0.15, 0.2) is 11.5 Å².